The second-order valence-corrected chi connectivity index (χ2v) is 9.69. The Morgan fingerprint density at radius 2 is 1.87 bits per heavy atom. The van der Waals surface area contributed by atoms with Gasteiger partial charge in [0.2, 0.25) is 6.61 Å². The predicted molar refractivity (Wildman–Crippen MR) is 143 cm³/mol. The van der Waals surface area contributed by atoms with Crippen molar-refractivity contribution in [1.29, 1.82) is 5.26 Å². The second-order valence-electron chi connectivity index (χ2n) is 9.69. The number of benzene rings is 2. The van der Waals surface area contributed by atoms with Gasteiger partial charge in [0.25, 0.3) is 0 Å². The van der Waals surface area contributed by atoms with Crippen LogP contribution < -0.4 is 0 Å². The quantitative estimate of drug-likeness (QED) is 0.274. The minimum atomic E-state index is -0.975. The number of ether oxygens (including phenoxy) is 1. The number of halogens is 2. The molecule has 2 saturated heterocycles. The Bertz CT molecular complexity index is 1280. The molecule has 0 bridgehead atoms. The van der Waals surface area contributed by atoms with Gasteiger partial charge in [0.05, 0.1) is 12.2 Å². The van der Waals surface area contributed by atoms with Crippen molar-refractivity contribution in [1.82, 2.24) is 9.80 Å². The highest BCUT2D eigenvalue weighted by Crippen LogP contribution is 2.43. The maximum Gasteiger partial charge on any atom is 0.202 e. The smallest absolute Gasteiger partial charge is 0.202 e. The van der Waals surface area contributed by atoms with Gasteiger partial charge >= 0.3 is 0 Å². The lowest BCUT2D eigenvalue weighted by molar-refractivity contribution is -0.0250. The minimum Gasteiger partial charge on any atom is -0.383 e. The van der Waals surface area contributed by atoms with Gasteiger partial charge in [-0.1, -0.05) is 48.2 Å². The van der Waals surface area contributed by atoms with E-state index in [2.05, 4.69) is 27.7 Å². The molecule has 2 aliphatic heterocycles. The number of allylic oxidation sites excluding steroid dienone is 2. The zero-order valence-corrected chi connectivity index (χ0v) is 21.8. The van der Waals surface area contributed by atoms with Crippen LogP contribution in [0.5, 0.6) is 0 Å². The van der Waals surface area contributed by atoms with E-state index in [9.17, 15) is 8.78 Å². The third-order valence-electron chi connectivity index (χ3n) is 6.82. The van der Waals surface area contributed by atoms with Crippen LogP contribution in [-0.2, 0) is 16.1 Å². The van der Waals surface area contributed by atoms with E-state index in [1.165, 1.54) is 17.2 Å². The van der Waals surface area contributed by atoms with Gasteiger partial charge in [-0.2, -0.15) is 5.26 Å². The molecule has 1 spiro atoms. The van der Waals surface area contributed by atoms with Crippen LogP contribution in [0.3, 0.4) is 0 Å². The third-order valence-corrected chi connectivity index (χ3v) is 6.82. The van der Waals surface area contributed by atoms with Crippen LogP contribution in [0.4, 0.5) is 8.78 Å². The van der Waals surface area contributed by atoms with Crippen LogP contribution in [-0.4, -0.2) is 61.5 Å². The molecule has 198 valence electrons. The van der Waals surface area contributed by atoms with Crippen molar-refractivity contribution in [2.45, 2.75) is 25.0 Å². The van der Waals surface area contributed by atoms with Crippen molar-refractivity contribution in [3.63, 3.8) is 0 Å². The average molecular weight is 519 g/mol. The first kappa shape index (κ1) is 27.2. The van der Waals surface area contributed by atoms with Gasteiger partial charge in [0.1, 0.15) is 11.8 Å². The van der Waals surface area contributed by atoms with Gasteiger partial charge < -0.3 is 14.5 Å². The number of oxime groups is 1. The molecule has 0 saturated carbocycles. The topological polar surface area (TPSA) is 61.1 Å². The fourth-order valence-electron chi connectivity index (χ4n) is 4.96. The van der Waals surface area contributed by atoms with Crippen molar-refractivity contribution in [2.75, 3.05) is 40.4 Å². The molecule has 0 amide bonds. The molecule has 4 rings (SSSR count). The number of piperidine rings is 1. The summed E-state index contributed by atoms with van der Waals surface area (Å²) in [4.78, 5) is 9.53. The molecule has 0 unspecified atom stereocenters. The molecule has 38 heavy (non-hydrogen) atoms. The summed E-state index contributed by atoms with van der Waals surface area (Å²) in [5, 5.41) is 12.8. The van der Waals surface area contributed by atoms with E-state index in [1.807, 2.05) is 56.6 Å². The fourth-order valence-corrected chi connectivity index (χ4v) is 4.96. The highest BCUT2D eigenvalue weighted by molar-refractivity contribution is 6.12. The van der Waals surface area contributed by atoms with E-state index in [0.717, 1.165) is 50.2 Å². The lowest BCUT2D eigenvalue weighted by atomic mass is 9.82. The minimum absolute atomic E-state index is 0.248. The number of nitriles is 1. The summed E-state index contributed by atoms with van der Waals surface area (Å²) >= 11 is 0. The van der Waals surface area contributed by atoms with Crippen molar-refractivity contribution in [2.24, 2.45) is 5.16 Å². The monoisotopic (exact) mass is 518 g/mol. The zero-order valence-electron chi connectivity index (χ0n) is 21.8. The average Bonchev–Trinajstić information content (AvgIpc) is 3.22. The summed E-state index contributed by atoms with van der Waals surface area (Å²) in [7, 11) is 4.06. The van der Waals surface area contributed by atoms with Crippen molar-refractivity contribution < 1.29 is 18.4 Å². The van der Waals surface area contributed by atoms with E-state index < -0.39 is 11.6 Å². The zero-order chi connectivity index (χ0) is 27.1. The van der Waals surface area contributed by atoms with E-state index in [4.69, 9.17) is 14.8 Å². The van der Waals surface area contributed by atoms with Crippen molar-refractivity contribution >= 4 is 5.71 Å². The Morgan fingerprint density at radius 1 is 1.16 bits per heavy atom. The Hall–Kier alpha value is -3.80. The second kappa shape index (κ2) is 12.2. The van der Waals surface area contributed by atoms with Gasteiger partial charge in [-0.3, -0.25) is 4.90 Å². The Morgan fingerprint density at radius 3 is 2.50 bits per heavy atom. The summed E-state index contributed by atoms with van der Waals surface area (Å²) in [6, 6.07) is 13.1. The summed E-state index contributed by atoms with van der Waals surface area (Å²) < 4.78 is 33.7. The lowest BCUT2D eigenvalue weighted by Crippen LogP contribution is -2.44. The molecule has 0 atom stereocenters. The standard InChI is InChI=1S/C30H32F2N4O2/c1-4-5-25-21-37-30(26(25)20-35(2)3)12-15-36(16-13-30)19-22-6-8-23(9-7-22)29(34-38-17-14-33)24-10-11-27(31)28(32)18-24/h4-11,18,20H,1,12-13,15-17,19,21H2,2-3H3/b25-5-,26-20+,34-29-. The molecule has 6 nitrogen and oxygen atoms in total. The van der Waals surface area contributed by atoms with Crippen LogP contribution in [0.2, 0.25) is 0 Å². The first-order valence-corrected chi connectivity index (χ1v) is 12.5. The Kier molecular flexibility index (Phi) is 8.72. The Labute approximate surface area is 222 Å². The van der Waals surface area contributed by atoms with Crippen molar-refractivity contribution in [3.05, 3.63) is 107 Å². The van der Waals surface area contributed by atoms with Crippen LogP contribution in [0.1, 0.15) is 29.5 Å². The molecule has 0 radical (unpaired) electrons. The molecule has 2 heterocycles. The summed E-state index contributed by atoms with van der Waals surface area (Å²) in [6.07, 6.45) is 7.84. The molecule has 0 aromatic heterocycles. The molecule has 0 aliphatic carbocycles. The van der Waals surface area contributed by atoms with Crippen molar-refractivity contribution in [3.8, 4) is 6.07 Å². The SMILES string of the molecule is C=C/C=C1/COC2(CCN(Cc3ccc(/C(=N/OCC#N)c4ccc(F)c(F)c4)cc3)CC2)/C1=C/N(C)C. The number of nitrogens with zero attached hydrogens (tertiary/aromatic N) is 4. The van der Waals surface area contributed by atoms with E-state index in [-0.39, 0.29) is 12.2 Å². The van der Waals surface area contributed by atoms with E-state index in [0.29, 0.717) is 23.4 Å². The van der Waals surface area contributed by atoms with Gasteiger partial charge in [0, 0.05) is 56.6 Å². The number of hydrogen-bond acceptors (Lipinski definition) is 6. The molecule has 2 aliphatic rings. The Balaban J connectivity index is 1.45. The third kappa shape index (κ3) is 6.18. The maximum atomic E-state index is 13.9. The predicted octanol–water partition coefficient (Wildman–Crippen LogP) is 5.18. The van der Waals surface area contributed by atoms with Crippen LogP contribution in [0, 0.1) is 23.0 Å². The summed E-state index contributed by atoms with van der Waals surface area (Å²) in [6.45, 7) is 6.79. The van der Waals surface area contributed by atoms with Crippen LogP contribution in [0.15, 0.2) is 83.7 Å². The highest BCUT2D eigenvalue weighted by Gasteiger charge is 2.44. The number of rotatable bonds is 8. The fraction of sp³-hybridized carbons (Fsp3) is 0.333. The summed E-state index contributed by atoms with van der Waals surface area (Å²) in [5.41, 5.74) is 4.65. The summed E-state index contributed by atoms with van der Waals surface area (Å²) in [5.74, 6) is -1.91. The molecule has 2 aromatic carbocycles. The van der Waals surface area contributed by atoms with Crippen LogP contribution >= 0.6 is 0 Å². The van der Waals surface area contributed by atoms with Gasteiger partial charge in [0.15, 0.2) is 11.6 Å². The number of likely N-dealkylation sites (tertiary alicyclic amines) is 1. The van der Waals surface area contributed by atoms with Crippen LogP contribution in [0.25, 0.3) is 0 Å². The first-order valence-electron chi connectivity index (χ1n) is 12.5. The maximum absolute atomic E-state index is 13.9. The van der Waals surface area contributed by atoms with E-state index >= 15 is 0 Å². The lowest BCUT2D eigenvalue weighted by Gasteiger charge is -2.39. The molecular formula is C30H32F2N4O2. The molecule has 8 heteroatoms. The molecule has 0 N–H and O–H groups in total. The van der Waals surface area contributed by atoms with Gasteiger partial charge in [-0.25, -0.2) is 8.78 Å². The molecule has 2 aromatic rings. The van der Waals surface area contributed by atoms with Gasteiger partial charge in [-0.15, -0.1) is 0 Å². The van der Waals surface area contributed by atoms with Gasteiger partial charge in [-0.05, 0) is 42.2 Å². The van der Waals surface area contributed by atoms with E-state index in [1.54, 1.807) is 0 Å². The highest BCUT2D eigenvalue weighted by atomic mass is 19.2. The molecule has 2 fully saturated rings. The normalized spacial score (nSPS) is 19.6. The molecular weight excluding hydrogens is 486 g/mol. The number of hydrogen-bond donors (Lipinski definition) is 0. The largest absolute Gasteiger partial charge is 0.383 e. The first-order chi connectivity index (χ1) is 18.3.